The highest BCUT2D eigenvalue weighted by molar-refractivity contribution is 7.38. The van der Waals surface area contributed by atoms with Gasteiger partial charge in [0.15, 0.2) is 8.03 Å². The van der Waals surface area contributed by atoms with E-state index in [1.807, 2.05) is 0 Å². The standard InChI is InChI=1S/C4H8NO3P/c1-4(6,3-5)8-9(2)7/h6,9H,1-2H3. The van der Waals surface area contributed by atoms with Crippen molar-refractivity contribution in [3.05, 3.63) is 0 Å². The maximum Gasteiger partial charge on any atom is 0.259 e. The fourth-order valence-corrected chi connectivity index (χ4v) is 0.908. The van der Waals surface area contributed by atoms with Crippen LogP contribution in [0.3, 0.4) is 0 Å². The van der Waals surface area contributed by atoms with E-state index in [-0.39, 0.29) is 0 Å². The third-order valence-corrected chi connectivity index (χ3v) is 1.23. The van der Waals surface area contributed by atoms with E-state index in [2.05, 4.69) is 4.52 Å². The maximum absolute atomic E-state index is 10.3. The minimum atomic E-state index is -2.23. The van der Waals surface area contributed by atoms with Crippen molar-refractivity contribution < 1.29 is 14.2 Å². The molecule has 0 aliphatic carbocycles. The average molecular weight is 149 g/mol. The Bertz CT molecular complexity index is 160. The van der Waals surface area contributed by atoms with Crippen molar-refractivity contribution in [1.82, 2.24) is 0 Å². The quantitative estimate of drug-likeness (QED) is 0.349. The second-order valence-electron chi connectivity index (χ2n) is 1.69. The van der Waals surface area contributed by atoms with Gasteiger partial charge in [-0.25, -0.2) is 0 Å². The van der Waals surface area contributed by atoms with Crippen molar-refractivity contribution in [2.24, 2.45) is 0 Å². The van der Waals surface area contributed by atoms with Crippen LogP contribution in [0.5, 0.6) is 0 Å². The zero-order chi connectivity index (χ0) is 7.49. The minimum Gasteiger partial charge on any atom is -0.354 e. The molecule has 0 aliphatic heterocycles. The lowest BCUT2D eigenvalue weighted by molar-refractivity contribution is -0.0640. The summed E-state index contributed by atoms with van der Waals surface area (Å²) in [6.07, 6.45) is 0. The second-order valence-corrected chi connectivity index (χ2v) is 2.88. The molecular weight excluding hydrogens is 141 g/mol. The van der Waals surface area contributed by atoms with Gasteiger partial charge in [-0.1, -0.05) is 0 Å². The van der Waals surface area contributed by atoms with E-state index in [9.17, 15) is 4.57 Å². The summed E-state index contributed by atoms with van der Waals surface area (Å²) in [5, 5.41) is 16.8. The molecule has 9 heavy (non-hydrogen) atoms. The first-order valence-electron chi connectivity index (χ1n) is 2.31. The Morgan fingerprint density at radius 1 is 1.89 bits per heavy atom. The Morgan fingerprint density at radius 3 is 2.44 bits per heavy atom. The van der Waals surface area contributed by atoms with Gasteiger partial charge in [0.25, 0.3) is 5.79 Å². The van der Waals surface area contributed by atoms with Gasteiger partial charge in [-0.05, 0) is 0 Å². The van der Waals surface area contributed by atoms with Crippen molar-refractivity contribution >= 4 is 8.03 Å². The third-order valence-electron chi connectivity index (χ3n) is 0.550. The summed E-state index contributed by atoms with van der Waals surface area (Å²) in [4.78, 5) is 0. The van der Waals surface area contributed by atoms with Crippen molar-refractivity contribution in [2.45, 2.75) is 12.7 Å². The van der Waals surface area contributed by atoms with Crippen LogP contribution >= 0.6 is 8.03 Å². The van der Waals surface area contributed by atoms with E-state index in [4.69, 9.17) is 10.4 Å². The summed E-state index contributed by atoms with van der Waals surface area (Å²) in [6.45, 7) is 2.44. The average Bonchev–Trinajstić information content (AvgIpc) is 1.63. The number of nitrogens with zero attached hydrogens (tertiary/aromatic N) is 1. The summed E-state index contributed by atoms with van der Waals surface area (Å²) in [7, 11) is -2.23. The molecule has 0 saturated heterocycles. The highest BCUT2D eigenvalue weighted by Crippen LogP contribution is 2.23. The summed E-state index contributed by atoms with van der Waals surface area (Å²) in [6, 6.07) is 1.43. The van der Waals surface area contributed by atoms with Crippen LogP contribution in [0.2, 0.25) is 0 Å². The molecular formula is C4H8NO3P. The van der Waals surface area contributed by atoms with E-state index >= 15 is 0 Å². The van der Waals surface area contributed by atoms with Crippen LogP contribution in [0, 0.1) is 11.3 Å². The van der Waals surface area contributed by atoms with Gasteiger partial charge in [-0.15, -0.1) is 0 Å². The van der Waals surface area contributed by atoms with Crippen molar-refractivity contribution in [1.29, 1.82) is 5.26 Å². The Morgan fingerprint density at radius 2 is 2.33 bits per heavy atom. The van der Waals surface area contributed by atoms with Gasteiger partial charge in [0, 0.05) is 13.6 Å². The Balaban J connectivity index is 3.91. The van der Waals surface area contributed by atoms with E-state index < -0.39 is 13.8 Å². The Hall–Kier alpha value is -0.360. The van der Waals surface area contributed by atoms with E-state index in [0.29, 0.717) is 0 Å². The molecule has 0 amide bonds. The lowest BCUT2D eigenvalue weighted by Gasteiger charge is -2.11. The van der Waals surface area contributed by atoms with Crippen LogP contribution in [0.15, 0.2) is 0 Å². The molecule has 0 spiro atoms. The predicted molar refractivity (Wildman–Crippen MR) is 32.2 cm³/mol. The molecule has 0 aliphatic rings. The number of nitriles is 1. The molecule has 0 heterocycles. The van der Waals surface area contributed by atoms with Crippen LogP contribution in [0.25, 0.3) is 0 Å². The summed E-state index contributed by atoms with van der Waals surface area (Å²) < 4.78 is 14.6. The molecule has 5 heteroatoms. The third kappa shape index (κ3) is 4.16. The van der Waals surface area contributed by atoms with Gasteiger partial charge in [-0.2, -0.15) is 5.26 Å². The molecule has 0 saturated carbocycles. The van der Waals surface area contributed by atoms with Crippen molar-refractivity contribution in [2.75, 3.05) is 6.66 Å². The first-order valence-corrected chi connectivity index (χ1v) is 4.13. The molecule has 2 atom stereocenters. The smallest absolute Gasteiger partial charge is 0.259 e. The monoisotopic (exact) mass is 149 g/mol. The van der Waals surface area contributed by atoms with Crippen LogP contribution in [-0.4, -0.2) is 17.6 Å². The summed E-state index contributed by atoms with van der Waals surface area (Å²) in [5.41, 5.74) is 0. The van der Waals surface area contributed by atoms with Crippen LogP contribution < -0.4 is 0 Å². The largest absolute Gasteiger partial charge is 0.354 e. The molecule has 1 N–H and O–H groups in total. The molecule has 0 aromatic heterocycles. The number of rotatable bonds is 2. The lowest BCUT2D eigenvalue weighted by Crippen LogP contribution is -2.21. The predicted octanol–water partition coefficient (Wildman–Crippen LogP) is 0.340. The summed E-state index contributed by atoms with van der Waals surface area (Å²) >= 11 is 0. The van der Waals surface area contributed by atoms with Gasteiger partial charge in [0.05, 0.1) is 0 Å². The molecule has 0 bridgehead atoms. The zero-order valence-corrected chi connectivity index (χ0v) is 6.21. The maximum atomic E-state index is 10.3. The van der Waals surface area contributed by atoms with Crippen LogP contribution in [0.4, 0.5) is 0 Å². The highest BCUT2D eigenvalue weighted by atomic mass is 31.1. The second kappa shape index (κ2) is 2.98. The van der Waals surface area contributed by atoms with Gasteiger partial charge in [0.1, 0.15) is 6.07 Å². The number of hydrogen-bond donors (Lipinski definition) is 1. The van der Waals surface area contributed by atoms with E-state index in [0.717, 1.165) is 6.92 Å². The lowest BCUT2D eigenvalue weighted by atomic mass is 10.4. The van der Waals surface area contributed by atoms with E-state index in [1.165, 1.54) is 12.7 Å². The topological polar surface area (TPSA) is 70.3 Å². The molecule has 4 nitrogen and oxygen atoms in total. The SMILES string of the molecule is C[PH](=O)OC(C)(O)C#N. The molecule has 0 radical (unpaired) electrons. The molecule has 52 valence electrons. The Kier molecular flexibility index (Phi) is 2.86. The molecule has 2 unspecified atom stereocenters. The first-order chi connectivity index (χ1) is 3.98. The van der Waals surface area contributed by atoms with Gasteiger partial charge >= 0.3 is 0 Å². The van der Waals surface area contributed by atoms with Gasteiger partial charge < -0.3 is 5.11 Å². The summed E-state index contributed by atoms with van der Waals surface area (Å²) in [5.74, 6) is -1.90. The highest BCUT2D eigenvalue weighted by Gasteiger charge is 2.20. The Labute approximate surface area is 53.9 Å². The fraction of sp³-hybridized carbons (Fsp3) is 0.750. The van der Waals surface area contributed by atoms with E-state index in [1.54, 1.807) is 0 Å². The molecule has 0 fully saturated rings. The number of aliphatic hydroxyl groups is 1. The zero-order valence-electron chi connectivity index (χ0n) is 5.21. The van der Waals surface area contributed by atoms with Crippen LogP contribution in [0.1, 0.15) is 6.92 Å². The first kappa shape index (κ1) is 8.64. The van der Waals surface area contributed by atoms with Gasteiger partial charge in [-0.3, -0.25) is 9.09 Å². The van der Waals surface area contributed by atoms with Gasteiger partial charge in [0.2, 0.25) is 0 Å². The number of hydrogen-bond acceptors (Lipinski definition) is 4. The van der Waals surface area contributed by atoms with Crippen LogP contribution in [-0.2, 0) is 9.09 Å². The molecule has 0 aromatic carbocycles. The van der Waals surface area contributed by atoms with Crippen molar-refractivity contribution in [3.63, 3.8) is 0 Å². The molecule has 0 rings (SSSR count). The molecule has 0 aromatic rings. The fourth-order valence-electron chi connectivity index (χ4n) is 0.303. The van der Waals surface area contributed by atoms with Crippen molar-refractivity contribution in [3.8, 4) is 6.07 Å². The normalized spacial score (nSPS) is 19.8. The minimum absolute atomic E-state index is 1.14.